The van der Waals surface area contributed by atoms with Gasteiger partial charge in [-0.25, -0.2) is 14.5 Å². The number of aromatic nitrogens is 3. The van der Waals surface area contributed by atoms with Crippen molar-refractivity contribution in [3.63, 3.8) is 0 Å². The molecule has 0 amide bonds. The number of rotatable bonds is 2. The van der Waals surface area contributed by atoms with Crippen LogP contribution >= 0.6 is 0 Å². The van der Waals surface area contributed by atoms with Crippen LogP contribution in [0.2, 0.25) is 0 Å². The monoisotopic (exact) mass is 155 g/mol. The van der Waals surface area contributed by atoms with E-state index in [1.54, 1.807) is 6.92 Å². The minimum atomic E-state index is -0.400. The van der Waals surface area contributed by atoms with Crippen molar-refractivity contribution < 1.29 is 9.53 Å². The first kappa shape index (κ1) is 7.71. The molecule has 60 valence electrons. The summed E-state index contributed by atoms with van der Waals surface area (Å²) in [4.78, 5) is 14.6. The van der Waals surface area contributed by atoms with Crippen LogP contribution in [-0.4, -0.2) is 27.8 Å². The van der Waals surface area contributed by atoms with Crippen molar-refractivity contribution in [3.8, 4) is 0 Å². The summed E-state index contributed by atoms with van der Waals surface area (Å²) in [5, 5.41) is 3.79. The summed E-state index contributed by atoms with van der Waals surface area (Å²) in [6, 6.07) is -0.400. The van der Waals surface area contributed by atoms with Crippen LogP contribution in [-0.2, 0) is 9.53 Å². The van der Waals surface area contributed by atoms with Crippen molar-refractivity contribution in [3.05, 3.63) is 12.7 Å². The first-order valence-corrected chi connectivity index (χ1v) is 3.17. The highest BCUT2D eigenvalue weighted by Gasteiger charge is 2.14. The van der Waals surface area contributed by atoms with Gasteiger partial charge in [-0.3, -0.25) is 0 Å². The van der Waals surface area contributed by atoms with E-state index in [0.717, 1.165) is 0 Å². The minimum Gasteiger partial charge on any atom is -0.467 e. The summed E-state index contributed by atoms with van der Waals surface area (Å²) in [6.07, 6.45) is 2.85. The molecular weight excluding hydrogens is 146 g/mol. The fourth-order valence-electron chi connectivity index (χ4n) is 0.696. The third kappa shape index (κ3) is 1.54. The predicted molar refractivity (Wildman–Crippen MR) is 36.7 cm³/mol. The fourth-order valence-corrected chi connectivity index (χ4v) is 0.696. The fraction of sp³-hybridized carbons (Fsp3) is 0.500. The van der Waals surface area contributed by atoms with E-state index in [9.17, 15) is 4.79 Å². The van der Waals surface area contributed by atoms with Crippen molar-refractivity contribution in [1.82, 2.24) is 14.8 Å². The third-order valence-corrected chi connectivity index (χ3v) is 1.38. The van der Waals surface area contributed by atoms with Gasteiger partial charge < -0.3 is 4.74 Å². The molecule has 0 bridgehead atoms. The first-order valence-electron chi connectivity index (χ1n) is 3.17. The number of nitrogens with zero attached hydrogens (tertiary/aromatic N) is 3. The molecule has 0 saturated carbocycles. The molecule has 11 heavy (non-hydrogen) atoms. The largest absolute Gasteiger partial charge is 0.467 e. The van der Waals surface area contributed by atoms with Gasteiger partial charge in [0.05, 0.1) is 7.11 Å². The Labute approximate surface area is 64.0 Å². The van der Waals surface area contributed by atoms with Gasteiger partial charge in [-0.15, -0.1) is 0 Å². The first-order chi connectivity index (χ1) is 5.25. The van der Waals surface area contributed by atoms with Crippen LogP contribution < -0.4 is 0 Å². The third-order valence-electron chi connectivity index (χ3n) is 1.38. The minimum absolute atomic E-state index is 0.324. The Balaban J connectivity index is 2.70. The van der Waals surface area contributed by atoms with Crippen molar-refractivity contribution in [1.29, 1.82) is 0 Å². The summed E-state index contributed by atoms with van der Waals surface area (Å²) in [6.45, 7) is 1.69. The van der Waals surface area contributed by atoms with Crippen LogP contribution in [0.15, 0.2) is 12.7 Å². The highest BCUT2D eigenvalue weighted by molar-refractivity contribution is 5.73. The van der Waals surface area contributed by atoms with Crippen LogP contribution in [0.5, 0.6) is 0 Å². The quantitative estimate of drug-likeness (QED) is 0.564. The van der Waals surface area contributed by atoms with E-state index in [-0.39, 0.29) is 5.97 Å². The van der Waals surface area contributed by atoms with Gasteiger partial charge in [0.2, 0.25) is 0 Å². The second kappa shape index (κ2) is 3.14. The number of carbonyl (C=O) groups is 1. The summed E-state index contributed by atoms with van der Waals surface area (Å²) in [5.41, 5.74) is 0. The van der Waals surface area contributed by atoms with E-state index < -0.39 is 6.04 Å². The summed E-state index contributed by atoms with van der Waals surface area (Å²) in [5.74, 6) is -0.324. The van der Waals surface area contributed by atoms with Crippen molar-refractivity contribution in [2.24, 2.45) is 0 Å². The van der Waals surface area contributed by atoms with Crippen LogP contribution in [0.4, 0.5) is 0 Å². The number of methoxy groups -OCH3 is 1. The van der Waals surface area contributed by atoms with E-state index >= 15 is 0 Å². The number of carbonyl (C=O) groups excluding carboxylic acids is 1. The molecule has 0 aromatic carbocycles. The molecule has 5 heteroatoms. The van der Waals surface area contributed by atoms with Crippen molar-refractivity contribution >= 4 is 5.97 Å². The lowest BCUT2D eigenvalue weighted by atomic mass is 10.4. The Bertz CT molecular complexity index is 232. The molecule has 0 unspecified atom stereocenters. The van der Waals surface area contributed by atoms with Gasteiger partial charge in [-0.1, -0.05) is 0 Å². The van der Waals surface area contributed by atoms with Gasteiger partial charge in [-0.05, 0) is 6.92 Å². The van der Waals surface area contributed by atoms with Gasteiger partial charge in [0.1, 0.15) is 18.7 Å². The Morgan fingerprint density at radius 3 is 2.91 bits per heavy atom. The van der Waals surface area contributed by atoms with Gasteiger partial charge in [0, 0.05) is 0 Å². The number of hydrogen-bond acceptors (Lipinski definition) is 4. The van der Waals surface area contributed by atoms with E-state index in [4.69, 9.17) is 0 Å². The topological polar surface area (TPSA) is 57.0 Å². The molecule has 1 atom stereocenters. The lowest BCUT2D eigenvalue weighted by Gasteiger charge is -2.07. The van der Waals surface area contributed by atoms with E-state index in [2.05, 4.69) is 14.8 Å². The molecule has 0 spiro atoms. The maximum absolute atomic E-state index is 10.9. The molecule has 0 aliphatic carbocycles. The summed E-state index contributed by atoms with van der Waals surface area (Å²) in [7, 11) is 1.34. The van der Waals surface area contributed by atoms with Crippen LogP contribution in [0, 0.1) is 0 Å². The highest BCUT2D eigenvalue weighted by atomic mass is 16.5. The Morgan fingerprint density at radius 2 is 2.45 bits per heavy atom. The van der Waals surface area contributed by atoms with E-state index in [1.165, 1.54) is 24.4 Å². The molecule has 0 N–H and O–H groups in total. The molecule has 0 aliphatic rings. The second-order valence-electron chi connectivity index (χ2n) is 2.07. The molecule has 1 aromatic rings. The van der Waals surface area contributed by atoms with Crippen LogP contribution in [0.1, 0.15) is 13.0 Å². The summed E-state index contributed by atoms with van der Waals surface area (Å²) < 4.78 is 5.94. The van der Waals surface area contributed by atoms with Crippen molar-refractivity contribution in [2.75, 3.05) is 7.11 Å². The zero-order chi connectivity index (χ0) is 8.27. The SMILES string of the molecule is COC(=O)[C@H](C)n1cncn1. The van der Waals surface area contributed by atoms with E-state index in [1.807, 2.05) is 0 Å². The normalized spacial score (nSPS) is 12.5. The van der Waals surface area contributed by atoms with Crippen molar-refractivity contribution in [2.45, 2.75) is 13.0 Å². The van der Waals surface area contributed by atoms with E-state index in [0.29, 0.717) is 0 Å². The molecule has 0 saturated heterocycles. The molecule has 0 aliphatic heterocycles. The Morgan fingerprint density at radius 1 is 1.73 bits per heavy atom. The lowest BCUT2D eigenvalue weighted by Crippen LogP contribution is -2.17. The molecule has 1 aromatic heterocycles. The molecule has 0 fully saturated rings. The zero-order valence-corrected chi connectivity index (χ0v) is 6.39. The lowest BCUT2D eigenvalue weighted by molar-refractivity contribution is -0.144. The Hall–Kier alpha value is -1.39. The smallest absolute Gasteiger partial charge is 0.330 e. The zero-order valence-electron chi connectivity index (χ0n) is 6.39. The van der Waals surface area contributed by atoms with Gasteiger partial charge in [-0.2, -0.15) is 5.10 Å². The van der Waals surface area contributed by atoms with Gasteiger partial charge in [0.15, 0.2) is 0 Å². The molecule has 1 rings (SSSR count). The molecule has 1 heterocycles. The maximum Gasteiger partial charge on any atom is 0.330 e. The van der Waals surface area contributed by atoms with Crippen LogP contribution in [0.25, 0.3) is 0 Å². The number of esters is 1. The highest BCUT2D eigenvalue weighted by Crippen LogP contribution is 2.02. The molecular formula is C6H9N3O2. The molecule has 0 radical (unpaired) electrons. The van der Waals surface area contributed by atoms with Gasteiger partial charge in [0.25, 0.3) is 0 Å². The predicted octanol–water partition coefficient (Wildman–Crippen LogP) is 0.0121. The standard InChI is InChI=1S/C6H9N3O2/c1-5(6(10)11-2)9-4-7-3-8-9/h3-5H,1-2H3/t5-/m0/s1. The maximum atomic E-state index is 10.9. The second-order valence-corrected chi connectivity index (χ2v) is 2.07. The van der Waals surface area contributed by atoms with Crippen LogP contribution in [0.3, 0.4) is 0 Å². The summed E-state index contributed by atoms with van der Waals surface area (Å²) >= 11 is 0. The average Bonchev–Trinajstić information content (AvgIpc) is 2.53. The number of hydrogen-bond donors (Lipinski definition) is 0. The number of ether oxygens (including phenoxy) is 1. The Kier molecular flexibility index (Phi) is 2.20. The average molecular weight is 155 g/mol. The van der Waals surface area contributed by atoms with Gasteiger partial charge >= 0.3 is 5.97 Å². The molecule has 5 nitrogen and oxygen atoms in total.